The Balaban J connectivity index is 2.62. The number of rotatable bonds is 2. The van der Waals surface area contributed by atoms with Crippen molar-refractivity contribution in [3.8, 4) is 0 Å². The van der Waals surface area contributed by atoms with Crippen molar-refractivity contribution in [3.05, 3.63) is 24.3 Å². The van der Waals surface area contributed by atoms with Gasteiger partial charge in [-0.2, -0.15) is 0 Å². The maximum atomic E-state index is 8.58. The van der Waals surface area contributed by atoms with E-state index in [1.807, 2.05) is 38.1 Å². The summed E-state index contributed by atoms with van der Waals surface area (Å²) in [5, 5.41) is 19.7. The molecule has 78 valence electrons. The van der Waals surface area contributed by atoms with Crippen LogP contribution in [0, 0.1) is 0 Å². The van der Waals surface area contributed by atoms with Crippen LogP contribution < -0.4 is 0 Å². The van der Waals surface area contributed by atoms with Gasteiger partial charge in [-0.1, -0.05) is 22.5 Å². The average molecular weight is 204 g/mol. The van der Waals surface area contributed by atoms with Gasteiger partial charge in [-0.05, 0) is 26.0 Å². The molecule has 15 heavy (non-hydrogen) atoms. The van der Waals surface area contributed by atoms with Gasteiger partial charge in [0, 0.05) is 0 Å². The van der Waals surface area contributed by atoms with Gasteiger partial charge in [0.15, 0.2) is 0 Å². The number of hydrogen-bond acceptors (Lipinski definition) is 4. The van der Waals surface area contributed by atoms with Gasteiger partial charge in [0.1, 0.15) is 5.52 Å². The maximum Gasteiger partial charge on any atom is 0.113 e. The van der Waals surface area contributed by atoms with E-state index >= 15 is 0 Å². The number of hydrogen-bond donors (Lipinski definition) is 1. The van der Waals surface area contributed by atoms with Crippen LogP contribution in [0.3, 0.4) is 0 Å². The van der Waals surface area contributed by atoms with Crippen molar-refractivity contribution in [2.45, 2.75) is 19.4 Å². The second-order valence-electron chi connectivity index (χ2n) is 3.89. The third-order valence-corrected chi connectivity index (χ3v) is 2.27. The van der Waals surface area contributed by atoms with Crippen LogP contribution in [0.1, 0.15) is 13.8 Å². The van der Waals surface area contributed by atoms with E-state index in [1.54, 1.807) is 4.68 Å². The van der Waals surface area contributed by atoms with Crippen molar-refractivity contribution >= 4 is 17.2 Å². The summed E-state index contributed by atoms with van der Waals surface area (Å²) in [6, 6.07) is 7.66. The molecule has 1 N–H and O–H groups in total. The first-order valence-electron chi connectivity index (χ1n) is 4.65. The summed E-state index contributed by atoms with van der Waals surface area (Å²) in [6.45, 7) is 3.79. The smallest absolute Gasteiger partial charge is 0.113 e. The number of benzene rings is 1. The van der Waals surface area contributed by atoms with Crippen LogP contribution in [0.25, 0.3) is 11.0 Å². The highest BCUT2D eigenvalue weighted by atomic mass is 16.4. The molecule has 0 aliphatic rings. The zero-order valence-electron chi connectivity index (χ0n) is 8.62. The zero-order chi connectivity index (χ0) is 10.9. The summed E-state index contributed by atoms with van der Waals surface area (Å²) in [4.78, 5) is 0. The van der Waals surface area contributed by atoms with Crippen molar-refractivity contribution in [2.24, 2.45) is 5.16 Å². The highest BCUT2D eigenvalue weighted by molar-refractivity contribution is 5.77. The summed E-state index contributed by atoms with van der Waals surface area (Å²) >= 11 is 0. The molecule has 0 radical (unpaired) electrons. The summed E-state index contributed by atoms with van der Waals surface area (Å²) in [5.41, 5.74) is 1.25. The number of aromatic nitrogens is 3. The molecular weight excluding hydrogens is 192 g/mol. The lowest BCUT2D eigenvalue weighted by atomic mass is 10.1. The van der Waals surface area contributed by atoms with Crippen LogP contribution in [-0.2, 0) is 5.54 Å². The minimum Gasteiger partial charge on any atom is -0.411 e. The van der Waals surface area contributed by atoms with Gasteiger partial charge >= 0.3 is 0 Å². The molecule has 2 aromatic rings. The Morgan fingerprint density at radius 1 is 1.40 bits per heavy atom. The number of nitrogens with zero attached hydrogens (tertiary/aromatic N) is 4. The van der Waals surface area contributed by atoms with E-state index in [0.29, 0.717) is 0 Å². The van der Waals surface area contributed by atoms with Crippen molar-refractivity contribution in [3.63, 3.8) is 0 Å². The minimum absolute atomic E-state index is 0.495. The summed E-state index contributed by atoms with van der Waals surface area (Å²) < 4.78 is 1.72. The van der Waals surface area contributed by atoms with E-state index in [-0.39, 0.29) is 0 Å². The molecule has 5 nitrogen and oxygen atoms in total. The van der Waals surface area contributed by atoms with Crippen molar-refractivity contribution in [2.75, 3.05) is 0 Å². The molecule has 0 aliphatic carbocycles. The maximum absolute atomic E-state index is 8.58. The fourth-order valence-corrected chi connectivity index (χ4v) is 1.49. The predicted octanol–water partition coefficient (Wildman–Crippen LogP) is 1.63. The zero-order valence-corrected chi connectivity index (χ0v) is 8.62. The van der Waals surface area contributed by atoms with Gasteiger partial charge in [-0.15, -0.1) is 5.10 Å². The second kappa shape index (κ2) is 3.34. The van der Waals surface area contributed by atoms with Gasteiger partial charge < -0.3 is 5.21 Å². The lowest BCUT2D eigenvalue weighted by Crippen LogP contribution is -2.29. The largest absolute Gasteiger partial charge is 0.411 e. The average Bonchev–Trinajstić information content (AvgIpc) is 2.61. The van der Waals surface area contributed by atoms with E-state index in [4.69, 9.17) is 5.21 Å². The Bertz CT molecular complexity index is 501. The molecule has 5 heteroatoms. The van der Waals surface area contributed by atoms with E-state index in [1.165, 1.54) is 6.21 Å². The molecule has 1 aromatic heterocycles. The highest BCUT2D eigenvalue weighted by Gasteiger charge is 2.21. The SMILES string of the molecule is CC(C)(/C=N/O)n1nnc2ccccc21. The van der Waals surface area contributed by atoms with Crippen molar-refractivity contribution in [1.29, 1.82) is 0 Å². The molecule has 0 atom stereocenters. The molecule has 0 unspecified atom stereocenters. The third-order valence-electron chi connectivity index (χ3n) is 2.27. The Morgan fingerprint density at radius 3 is 2.87 bits per heavy atom. The molecule has 0 bridgehead atoms. The third kappa shape index (κ3) is 1.56. The molecule has 0 saturated heterocycles. The van der Waals surface area contributed by atoms with E-state index in [0.717, 1.165) is 11.0 Å². The summed E-state index contributed by atoms with van der Waals surface area (Å²) in [7, 11) is 0. The quantitative estimate of drug-likeness (QED) is 0.459. The van der Waals surface area contributed by atoms with Crippen LogP contribution in [0.5, 0.6) is 0 Å². The van der Waals surface area contributed by atoms with E-state index in [9.17, 15) is 0 Å². The summed E-state index contributed by atoms with van der Waals surface area (Å²) in [5.74, 6) is 0. The molecule has 1 aromatic carbocycles. The van der Waals surface area contributed by atoms with Gasteiger partial charge in [0.05, 0.1) is 17.3 Å². The predicted molar refractivity (Wildman–Crippen MR) is 57.1 cm³/mol. The summed E-state index contributed by atoms with van der Waals surface area (Å²) in [6.07, 6.45) is 1.42. The Labute approximate surface area is 87.0 Å². The van der Waals surface area contributed by atoms with Crippen LogP contribution in [0.4, 0.5) is 0 Å². The molecule has 1 heterocycles. The number of para-hydroxylation sites is 1. The number of oxime groups is 1. The molecule has 0 amide bonds. The fraction of sp³-hybridized carbons (Fsp3) is 0.300. The van der Waals surface area contributed by atoms with Crippen LogP contribution in [0.15, 0.2) is 29.4 Å². The van der Waals surface area contributed by atoms with Gasteiger partial charge in [0.2, 0.25) is 0 Å². The fourth-order valence-electron chi connectivity index (χ4n) is 1.49. The first-order valence-corrected chi connectivity index (χ1v) is 4.65. The van der Waals surface area contributed by atoms with Gasteiger partial charge in [0.25, 0.3) is 0 Å². The lowest BCUT2D eigenvalue weighted by Gasteiger charge is -2.19. The van der Waals surface area contributed by atoms with E-state index < -0.39 is 5.54 Å². The van der Waals surface area contributed by atoms with Gasteiger partial charge in [-0.3, -0.25) is 0 Å². The Kier molecular flexibility index (Phi) is 2.15. The molecule has 0 fully saturated rings. The molecule has 0 spiro atoms. The van der Waals surface area contributed by atoms with Gasteiger partial charge in [-0.25, -0.2) is 4.68 Å². The standard InChI is InChI=1S/C10H12N4O/c1-10(2,7-11-15)14-9-6-4-3-5-8(9)12-13-14/h3-7,15H,1-2H3/b11-7+. The Morgan fingerprint density at radius 2 is 2.13 bits per heavy atom. The monoisotopic (exact) mass is 204 g/mol. The molecule has 0 aliphatic heterocycles. The van der Waals surface area contributed by atoms with Crippen LogP contribution in [0.2, 0.25) is 0 Å². The first-order chi connectivity index (χ1) is 7.15. The molecular formula is C10H12N4O. The lowest BCUT2D eigenvalue weighted by molar-refractivity contribution is 0.311. The topological polar surface area (TPSA) is 63.3 Å². The second-order valence-corrected chi connectivity index (χ2v) is 3.89. The number of fused-ring (bicyclic) bond motifs is 1. The highest BCUT2D eigenvalue weighted by Crippen LogP contribution is 2.18. The van der Waals surface area contributed by atoms with Crippen molar-refractivity contribution in [1.82, 2.24) is 15.0 Å². The van der Waals surface area contributed by atoms with Crippen molar-refractivity contribution < 1.29 is 5.21 Å². The molecule has 2 rings (SSSR count). The normalized spacial score (nSPS) is 12.7. The first kappa shape index (κ1) is 9.64. The van der Waals surface area contributed by atoms with E-state index in [2.05, 4.69) is 15.5 Å². The minimum atomic E-state index is -0.495. The van der Waals surface area contributed by atoms with Crippen LogP contribution in [-0.4, -0.2) is 26.4 Å². The molecule has 0 saturated carbocycles. The Hall–Kier alpha value is -1.91. The van der Waals surface area contributed by atoms with Crippen LogP contribution >= 0.6 is 0 Å².